The van der Waals surface area contributed by atoms with Crippen molar-refractivity contribution in [1.29, 1.82) is 0 Å². The number of piperidine rings is 1. The number of aromatic nitrogens is 8. The molecule has 3 amide bonds. The standard InChI is InChI=1S/C26H27ClN6O4S.C25H24ClN5O3S.C22H23FN6O3S.4H2/c1-18(33-10-8-19-15-22(27)24(37-2)16-23(19)33)26(34)32-13-11-31(12-14-32)20-3-5-21(6-4-20)38(35,36)30-25-7-9-28-17-29-25;26-21-4-1-20-10-14-31(23(20)15-21)16-25(32)30-12-8-19(9-13-30)18-2-5-22(6-3-18)35(33,34)29-24-7-11-27-17-28-24;23-17-1-3-18(4-2-17)25-15-22(30)29-13-11-28(12-14-29)19-5-7-20(8-6-19)33(31,32)27-21-9-10-24-16-26-21;;;;/h3-10,15-18H,11-14H2,1-2H3,(H,28,29,30);1-7,10-11,14-15,17,19H,8-9,12-13,16H2,(H,27,28,29);1-10,16,25H,11-15H2,(H,24,26,27);4*1H. The van der Waals surface area contributed by atoms with Gasteiger partial charge in [0.1, 0.15) is 60.6 Å². The molecule has 6 aromatic carbocycles. The fourth-order valence-corrected chi connectivity index (χ4v) is 16.0. The van der Waals surface area contributed by atoms with Crippen LogP contribution >= 0.6 is 23.2 Å². The van der Waals surface area contributed by atoms with E-state index in [1.54, 1.807) is 84.8 Å². The number of amides is 3. The number of anilines is 6. The van der Waals surface area contributed by atoms with E-state index in [4.69, 9.17) is 27.9 Å². The number of hydrogen-bond donors (Lipinski definition) is 4. The number of piperazine rings is 2. The topological polar surface area (TPSA) is 314 Å². The number of nitrogens with zero attached hydrogens (tertiary/aromatic N) is 13. The maximum absolute atomic E-state index is 13.4. The Hall–Kier alpha value is -11.0. The number of sulfonamides is 3. The molecule has 3 fully saturated rings. The van der Waals surface area contributed by atoms with E-state index in [2.05, 4.69) is 59.2 Å². The highest BCUT2D eigenvalue weighted by atomic mass is 35.5. The van der Waals surface area contributed by atoms with E-state index in [0.29, 0.717) is 86.9 Å². The minimum atomic E-state index is -3.76. The summed E-state index contributed by atoms with van der Waals surface area (Å²) >= 11 is 12.4. The van der Waals surface area contributed by atoms with Gasteiger partial charge in [0.05, 0.1) is 38.9 Å². The SMILES string of the molecule is COc1cc2c(ccn2C(C)C(=O)N2CCN(c3ccc(S(=O)(=O)Nc4ccncn4)cc3)CC2)cc1Cl.O=C(CNc1ccc(F)cc1)N1CCN(c2ccc(S(=O)(=O)Nc3ccncn3)cc2)CC1.O=C(Cn1ccc2ccc(Cl)cc21)N1CCC(c2ccc(S(=O)(=O)Nc3ccncn3)cc2)CC1.[HH].[HH].[HH].[HH]. The number of halogens is 3. The molecule has 1 unspecified atom stereocenters. The minimum Gasteiger partial charge on any atom is -0.495 e. The van der Waals surface area contributed by atoms with Gasteiger partial charge in [-0.2, -0.15) is 0 Å². The Kier molecular flexibility index (Phi) is 23.6. The predicted octanol–water partition coefficient (Wildman–Crippen LogP) is 11.3. The highest BCUT2D eigenvalue weighted by Gasteiger charge is 2.30. The Morgan fingerprint density at radius 1 is 0.538 bits per heavy atom. The number of carbonyl (C=O) groups is 3. The molecule has 3 aliphatic heterocycles. The van der Waals surface area contributed by atoms with Crippen molar-refractivity contribution in [1.82, 2.24) is 53.7 Å². The normalized spacial score (nSPS) is 14.6. The molecule has 27 nitrogen and oxygen atoms in total. The van der Waals surface area contributed by atoms with Gasteiger partial charge in [-0.15, -0.1) is 0 Å². The van der Waals surface area contributed by atoms with Crippen LogP contribution < -0.4 is 34.0 Å². The van der Waals surface area contributed by atoms with Crippen molar-refractivity contribution in [2.45, 2.75) is 53.0 Å². The molecule has 0 bridgehead atoms. The van der Waals surface area contributed by atoms with Crippen LogP contribution in [0.1, 0.15) is 43.0 Å². The van der Waals surface area contributed by atoms with Gasteiger partial charge < -0.3 is 43.7 Å². The van der Waals surface area contributed by atoms with Crippen molar-refractivity contribution in [2.75, 3.05) is 108 Å². The zero-order valence-electron chi connectivity index (χ0n) is 57.4. The van der Waals surface area contributed by atoms with E-state index in [1.165, 1.54) is 67.9 Å². The number of nitrogens with one attached hydrogen (secondary N) is 4. The van der Waals surface area contributed by atoms with Crippen LogP contribution in [0.25, 0.3) is 21.8 Å². The van der Waals surface area contributed by atoms with Crippen LogP contribution in [0, 0.1) is 5.82 Å². The molecule has 1 atom stereocenters. The van der Waals surface area contributed by atoms with E-state index < -0.39 is 36.1 Å². The summed E-state index contributed by atoms with van der Waals surface area (Å²) in [6.45, 7) is 8.41. The van der Waals surface area contributed by atoms with Crippen LogP contribution in [-0.4, -0.2) is 176 Å². The molecule has 0 saturated carbocycles. The number of likely N-dealkylation sites (tertiary alicyclic amines) is 1. The van der Waals surface area contributed by atoms with Crippen molar-refractivity contribution in [3.63, 3.8) is 0 Å². The van der Waals surface area contributed by atoms with Gasteiger partial charge in [0.2, 0.25) is 17.7 Å². The third-order valence-electron chi connectivity index (χ3n) is 18.3. The van der Waals surface area contributed by atoms with Crippen LogP contribution in [0.5, 0.6) is 5.75 Å². The number of hydrogen-bond acceptors (Lipinski definition) is 19. The van der Waals surface area contributed by atoms with Crippen molar-refractivity contribution in [3.8, 4) is 5.75 Å². The van der Waals surface area contributed by atoms with Gasteiger partial charge in [-0.05, 0) is 170 Å². The predicted molar refractivity (Wildman–Crippen MR) is 412 cm³/mol. The van der Waals surface area contributed by atoms with Crippen molar-refractivity contribution < 1.29 is 54.5 Å². The Morgan fingerprint density at radius 3 is 1.51 bits per heavy atom. The smallest absolute Gasteiger partial charge is 0.263 e. The first-order valence-corrected chi connectivity index (χ1v) is 38.9. The van der Waals surface area contributed by atoms with E-state index in [0.717, 1.165) is 51.6 Å². The molecule has 11 aromatic rings. The summed E-state index contributed by atoms with van der Waals surface area (Å²) in [5.74, 6) is 1.22. The summed E-state index contributed by atoms with van der Waals surface area (Å²) in [4.78, 5) is 72.0. The van der Waals surface area contributed by atoms with Crippen molar-refractivity contribution in [3.05, 3.63) is 229 Å². The van der Waals surface area contributed by atoms with Crippen LogP contribution in [0.3, 0.4) is 0 Å². The lowest BCUT2D eigenvalue weighted by atomic mass is 9.89. The fourth-order valence-electron chi connectivity index (χ4n) is 12.5. The highest BCUT2D eigenvalue weighted by molar-refractivity contribution is 7.93. The van der Waals surface area contributed by atoms with Gasteiger partial charge in [-0.25, -0.2) is 59.5 Å². The first-order valence-electron chi connectivity index (χ1n) is 33.6. The molecule has 0 aliphatic carbocycles. The second-order valence-electron chi connectivity index (χ2n) is 24.9. The molecular weight excluding hydrogens is 1460 g/mol. The summed E-state index contributed by atoms with van der Waals surface area (Å²) in [5, 5.41) is 6.18. The van der Waals surface area contributed by atoms with E-state index >= 15 is 0 Å². The average Bonchev–Trinajstić information content (AvgIpc) is 1.61. The molecule has 0 spiro atoms. The van der Waals surface area contributed by atoms with Gasteiger partial charge in [0.25, 0.3) is 30.1 Å². The Morgan fingerprint density at radius 2 is 1.02 bits per heavy atom. The zero-order valence-corrected chi connectivity index (χ0v) is 61.4. The summed E-state index contributed by atoms with van der Waals surface area (Å²) in [6, 6.07) is 43.4. The lowest BCUT2D eigenvalue weighted by Crippen LogP contribution is -2.50. The minimum absolute atomic E-state index is 0. The summed E-state index contributed by atoms with van der Waals surface area (Å²) in [5.41, 5.74) is 5.37. The van der Waals surface area contributed by atoms with E-state index in [9.17, 15) is 44.0 Å². The molecular formula is C73H82Cl2FN17O10S3. The van der Waals surface area contributed by atoms with Crippen molar-refractivity contribution in [2.24, 2.45) is 0 Å². The highest BCUT2D eigenvalue weighted by Crippen LogP contribution is 2.34. The molecule has 3 aliphatic rings. The van der Waals surface area contributed by atoms with Crippen LogP contribution in [0.4, 0.5) is 38.9 Å². The third-order valence-corrected chi connectivity index (χ3v) is 23.0. The van der Waals surface area contributed by atoms with Crippen LogP contribution in [-0.2, 0) is 51.0 Å². The van der Waals surface area contributed by atoms with E-state index in [-0.39, 0.29) is 80.4 Å². The van der Waals surface area contributed by atoms with Gasteiger partial charge in [0.15, 0.2) is 0 Å². The number of fused-ring (bicyclic) bond motifs is 2. The van der Waals surface area contributed by atoms with Gasteiger partial charge in [-0.1, -0.05) is 41.4 Å². The molecule has 3 saturated heterocycles. The number of benzene rings is 6. The van der Waals surface area contributed by atoms with Crippen molar-refractivity contribution >= 4 is 127 Å². The molecule has 5 aromatic heterocycles. The third kappa shape index (κ3) is 18.6. The molecule has 558 valence electrons. The second kappa shape index (κ2) is 33.4. The Balaban J connectivity index is 0.000000204. The monoisotopic (exact) mass is 1540 g/mol. The molecule has 14 rings (SSSR count). The zero-order chi connectivity index (χ0) is 74.5. The van der Waals surface area contributed by atoms with Gasteiger partial charge in [-0.3, -0.25) is 28.5 Å². The van der Waals surface area contributed by atoms with E-state index in [1.807, 2.05) is 92.8 Å². The van der Waals surface area contributed by atoms with Crippen LogP contribution in [0.2, 0.25) is 10.0 Å². The molecule has 33 heteroatoms. The molecule has 0 radical (unpaired) electrons. The molecule has 4 N–H and O–H groups in total. The molecule has 106 heavy (non-hydrogen) atoms. The Bertz CT molecular complexity index is 5240. The fraction of sp³-hybridized carbons (Fsp3) is 0.247. The number of methoxy groups -OCH3 is 1. The quantitative estimate of drug-likeness (QED) is 0.0551. The largest absolute Gasteiger partial charge is 0.495 e. The summed E-state index contributed by atoms with van der Waals surface area (Å²) in [6.07, 6.45) is 13.7. The molecule has 8 heterocycles. The lowest BCUT2D eigenvalue weighted by molar-refractivity contribution is -0.134. The first kappa shape index (κ1) is 74.7. The Labute approximate surface area is 628 Å². The number of ether oxygens (including phenoxy) is 1. The number of rotatable bonds is 20. The summed E-state index contributed by atoms with van der Waals surface area (Å²) in [7, 11) is -9.68. The maximum Gasteiger partial charge on any atom is 0.263 e. The van der Waals surface area contributed by atoms with Crippen LogP contribution in [0.15, 0.2) is 222 Å². The number of carbonyl (C=O) groups excluding carboxylic acids is 3. The first-order chi connectivity index (χ1) is 51.1. The summed E-state index contributed by atoms with van der Waals surface area (Å²) < 4.78 is 105. The van der Waals surface area contributed by atoms with Gasteiger partial charge in [0, 0.05) is 141 Å². The lowest BCUT2D eigenvalue weighted by Gasteiger charge is -2.37. The maximum atomic E-state index is 13.4. The van der Waals surface area contributed by atoms with Gasteiger partial charge >= 0.3 is 0 Å². The average molecular weight is 1540 g/mol. The second-order valence-corrected chi connectivity index (χ2v) is 30.8.